The van der Waals surface area contributed by atoms with E-state index in [0.717, 1.165) is 12.8 Å². The van der Waals surface area contributed by atoms with E-state index in [9.17, 15) is 9.59 Å². The van der Waals surface area contributed by atoms with Crippen molar-refractivity contribution in [3.63, 3.8) is 0 Å². The van der Waals surface area contributed by atoms with Crippen molar-refractivity contribution < 1.29 is 14.3 Å². The molecule has 0 bridgehead atoms. The molecule has 2 heterocycles. The molecule has 2 N–H and O–H groups in total. The fourth-order valence-corrected chi connectivity index (χ4v) is 5.11. The van der Waals surface area contributed by atoms with Crippen LogP contribution in [0.2, 0.25) is 10.0 Å². The highest BCUT2D eigenvalue weighted by Crippen LogP contribution is 2.56. The molecule has 1 aliphatic carbocycles. The molecule has 2 aromatic rings. The number of benzene rings is 1. The SMILES string of the molecule is N#Cc1cc(Cl)c(C2Sc3c(ccnc3OC(=O)C3CC3)N2C(N)=O)c(Cl)c1. The maximum atomic E-state index is 12.2. The number of aromatic nitrogens is 1. The summed E-state index contributed by atoms with van der Waals surface area (Å²) in [6.45, 7) is 0. The van der Waals surface area contributed by atoms with Gasteiger partial charge in [-0.1, -0.05) is 35.0 Å². The standard InChI is InChI=1S/C18H12Cl2N4O3S/c19-10-5-8(7-21)6-11(20)13(10)16-24(18(22)26)12-3-4-23-15(14(12)28-16)27-17(25)9-1-2-9/h3-6,9,16H,1-2H2,(H2,22,26). The van der Waals surface area contributed by atoms with Crippen molar-refractivity contribution >= 4 is 52.7 Å². The van der Waals surface area contributed by atoms with E-state index in [1.54, 1.807) is 6.07 Å². The monoisotopic (exact) mass is 434 g/mol. The van der Waals surface area contributed by atoms with Crippen LogP contribution in [0.15, 0.2) is 29.3 Å². The summed E-state index contributed by atoms with van der Waals surface area (Å²) in [5.41, 5.74) is 6.79. The summed E-state index contributed by atoms with van der Waals surface area (Å²) < 4.78 is 5.43. The number of nitriles is 1. The van der Waals surface area contributed by atoms with Crippen molar-refractivity contribution in [1.29, 1.82) is 5.26 Å². The number of carbonyl (C=O) groups excluding carboxylic acids is 2. The van der Waals surface area contributed by atoms with Gasteiger partial charge in [-0.2, -0.15) is 5.26 Å². The van der Waals surface area contributed by atoms with Crippen LogP contribution in [0, 0.1) is 17.2 Å². The van der Waals surface area contributed by atoms with Crippen molar-refractivity contribution in [2.24, 2.45) is 11.7 Å². The molecule has 1 aromatic carbocycles. The number of esters is 1. The fraction of sp³-hybridized carbons (Fsp3) is 0.222. The average Bonchev–Trinajstić information content (AvgIpc) is 3.42. The van der Waals surface area contributed by atoms with Gasteiger partial charge in [0.2, 0.25) is 5.88 Å². The molecular weight excluding hydrogens is 423 g/mol. The number of rotatable bonds is 3. The third-order valence-corrected chi connectivity index (χ3v) is 6.29. The van der Waals surface area contributed by atoms with Crippen LogP contribution in [0.5, 0.6) is 5.88 Å². The third-order valence-electron chi connectivity index (χ3n) is 4.38. The van der Waals surface area contributed by atoms with E-state index < -0.39 is 11.4 Å². The lowest BCUT2D eigenvalue weighted by atomic mass is 10.1. The van der Waals surface area contributed by atoms with Crippen LogP contribution >= 0.6 is 35.0 Å². The van der Waals surface area contributed by atoms with Crippen molar-refractivity contribution in [2.45, 2.75) is 23.1 Å². The first kappa shape index (κ1) is 18.9. The molecule has 2 amide bonds. The van der Waals surface area contributed by atoms with Crippen molar-refractivity contribution in [2.75, 3.05) is 4.90 Å². The highest BCUT2D eigenvalue weighted by molar-refractivity contribution is 8.00. The summed E-state index contributed by atoms with van der Waals surface area (Å²) in [5, 5.41) is 8.84. The smallest absolute Gasteiger partial charge is 0.320 e. The Hall–Kier alpha value is -2.47. The minimum atomic E-state index is -0.724. The molecule has 10 heteroatoms. The van der Waals surface area contributed by atoms with Gasteiger partial charge >= 0.3 is 12.0 Å². The van der Waals surface area contributed by atoms with Gasteiger partial charge in [-0.25, -0.2) is 9.78 Å². The number of thioether (sulfide) groups is 1. The van der Waals surface area contributed by atoms with Crippen LogP contribution < -0.4 is 15.4 Å². The van der Waals surface area contributed by atoms with Gasteiger partial charge in [0.1, 0.15) is 5.37 Å². The van der Waals surface area contributed by atoms with E-state index in [-0.39, 0.29) is 27.8 Å². The molecule has 1 saturated carbocycles. The minimum Gasteiger partial charge on any atom is -0.406 e. The van der Waals surface area contributed by atoms with Gasteiger partial charge in [-0.3, -0.25) is 9.69 Å². The summed E-state index contributed by atoms with van der Waals surface area (Å²) in [5.74, 6) is -0.325. The number of hydrogen-bond donors (Lipinski definition) is 1. The number of nitrogens with zero attached hydrogens (tertiary/aromatic N) is 3. The van der Waals surface area contributed by atoms with E-state index >= 15 is 0 Å². The maximum Gasteiger partial charge on any atom is 0.320 e. The summed E-state index contributed by atoms with van der Waals surface area (Å²) in [6, 6.07) is 5.80. The Morgan fingerprint density at radius 3 is 2.57 bits per heavy atom. The van der Waals surface area contributed by atoms with Crippen molar-refractivity contribution in [1.82, 2.24) is 4.98 Å². The van der Waals surface area contributed by atoms with Gasteiger partial charge in [-0.15, -0.1) is 0 Å². The van der Waals surface area contributed by atoms with Crippen LogP contribution in [0.25, 0.3) is 0 Å². The largest absolute Gasteiger partial charge is 0.406 e. The highest BCUT2D eigenvalue weighted by atomic mass is 35.5. The number of halogens is 2. The van der Waals surface area contributed by atoms with Crippen LogP contribution in [0.1, 0.15) is 29.3 Å². The lowest BCUT2D eigenvalue weighted by Gasteiger charge is -2.24. The van der Waals surface area contributed by atoms with E-state index in [1.807, 2.05) is 6.07 Å². The number of hydrogen-bond acceptors (Lipinski definition) is 6. The molecule has 0 radical (unpaired) electrons. The molecule has 142 valence electrons. The van der Waals surface area contributed by atoms with Gasteiger partial charge in [0.25, 0.3) is 0 Å². The maximum absolute atomic E-state index is 12.2. The van der Waals surface area contributed by atoms with E-state index in [0.29, 0.717) is 21.7 Å². The number of urea groups is 1. The Morgan fingerprint density at radius 1 is 1.32 bits per heavy atom. The van der Waals surface area contributed by atoms with Crippen LogP contribution in [-0.4, -0.2) is 17.0 Å². The predicted molar refractivity (Wildman–Crippen MR) is 104 cm³/mol. The van der Waals surface area contributed by atoms with E-state index in [2.05, 4.69) is 4.98 Å². The zero-order valence-electron chi connectivity index (χ0n) is 14.2. The topological polar surface area (TPSA) is 109 Å². The first-order chi connectivity index (χ1) is 13.4. The first-order valence-electron chi connectivity index (χ1n) is 8.25. The van der Waals surface area contributed by atoms with E-state index in [1.165, 1.54) is 35.0 Å². The third kappa shape index (κ3) is 3.26. The number of carbonyl (C=O) groups is 2. The van der Waals surface area contributed by atoms with Crippen molar-refractivity contribution in [3.8, 4) is 11.9 Å². The lowest BCUT2D eigenvalue weighted by molar-refractivity contribution is -0.136. The molecule has 1 aromatic heterocycles. The number of fused-ring (bicyclic) bond motifs is 1. The van der Waals surface area contributed by atoms with Gasteiger partial charge in [0, 0.05) is 21.8 Å². The Morgan fingerprint density at radius 2 is 2.00 bits per heavy atom. The molecule has 28 heavy (non-hydrogen) atoms. The van der Waals surface area contributed by atoms with E-state index in [4.69, 9.17) is 38.9 Å². The lowest BCUT2D eigenvalue weighted by Crippen LogP contribution is -2.35. The predicted octanol–water partition coefficient (Wildman–Crippen LogP) is 4.27. The average molecular weight is 435 g/mol. The summed E-state index contributed by atoms with van der Waals surface area (Å²) in [6.07, 6.45) is 3.04. The molecule has 7 nitrogen and oxygen atoms in total. The Kier molecular flexibility index (Phi) is 4.83. The molecule has 4 rings (SSSR count). The van der Waals surface area contributed by atoms with Gasteiger partial charge < -0.3 is 10.5 Å². The Bertz CT molecular complexity index is 1030. The molecule has 1 fully saturated rings. The molecule has 1 atom stereocenters. The molecule has 2 aliphatic rings. The normalized spacial score (nSPS) is 17.8. The summed E-state index contributed by atoms with van der Waals surface area (Å²) in [4.78, 5) is 30.2. The molecule has 1 unspecified atom stereocenters. The van der Waals surface area contributed by atoms with Crippen LogP contribution in [0.4, 0.5) is 10.5 Å². The number of primary amides is 1. The second kappa shape index (κ2) is 7.17. The number of anilines is 1. The minimum absolute atomic E-state index is 0.102. The fourth-order valence-electron chi connectivity index (χ4n) is 2.89. The van der Waals surface area contributed by atoms with Gasteiger partial charge in [0.15, 0.2) is 0 Å². The zero-order valence-corrected chi connectivity index (χ0v) is 16.5. The quantitative estimate of drug-likeness (QED) is 0.722. The molecule has 1 aliphatic heterocycles. The number of ether oxygens (including phenoxy) is 1. The molecule has 0 spiro atoms. The number of amides is 2. The molecule has 0 saturated heterocycles. The first-order valence-corrected chi connectivity index (χ1v) is 9.89. The van der Waals surface area contributed by atoms with Crippen LogP contribution in [0.3, 0.4) is 0 Å². The van der Waals surface area contributed by atoms with Crippen molar-refractivity contribution in [3.05, 3.63) is 45.6 Å². The second-order valence-corrected chi connectivity index (χ2v) is 8.21. The Labute approximate surface area is 174 Å². The summed E-state index contributed by atoms with van der Waals surface area (Å²) in [7, 11) is 0. The van der Waals surface area contributed by atoms with Crippen LogP contribution in [-0.2, 0) is 4.79 Å². The number of nitrogens with two attached hydrogens (primary N) is 1. The molecular formula is C18H12Cl2N4O3S. The number of pyridine rings is 1. The zero-order chi connectivity index (χ0) is 20.0. The second-order valence-electron chi connectivity index (χ2n) is 6.30. The summed E-state index contributed by atoms with van der Waals surface area (Å²) >= 11 is 13.9. The Balaban J connectivity index is 1.77. The van der Waals surface area contributed by atoms with Gasteiger partial charge in [0.05, 0.1) is 28.1 Å². The van der Waals surface area contributed by atoms with Gasteiger partial charge in [-0.05, 0) is 31.0 Å². The highest BCUT2D eigenvalue weighted by Gasteiger charge is 2.40.